The largest absolute Gasteiger partial charge is 0.390 e. The van der Waals surface area contributed by atoms with Crippen LogP contribution in [0.15, 0.2) is 42.9 Å². The zero-order valence-corrected chi connectivity index (χ0v) is 18.2. The maximum absolute atomic E-state index is 9.59. The quantitative estimate of drug-likeness (QED) is 0.554. The van der Waals surface area contributed by atoms with Gasteiger partial charge in [0.1, 0.15) is 11.3 Å². The number of imidazole rings is 2. The summed E-state index contributed by atoms with van der Waals surface area (Å²) < 4.78 is 4.24. The molecule has 29 heavy (non-hydrogen) atoms. The van der Waals surface area contributed by atoms with Crippen LogP contribution in [0.3, 0.4) is 0 Å². The zero-order valence-electron chi connectivity index (χ0n) is 18.2. The minimum atomic E-state index is -0.144. The van der Waals surface area contributed by atoms with Gasteiger partial charge in [-0.3, -0.25) is 0 Å². The second kappa shape index (κ2) is 6.70. The van der Waals surface area contributed by atoms with Crippen molar-refractivity contribution in [2.24, 2.45) is 0 Å². The lowest BCUT2D eigenvalue weighted by Gasteiger charge is -2.27. The number of hydrogen-bond donors (Lipinski definition) is 1. The lowest BCUT2D eigenvalue weighted by atomic mass is 9.80. The van der Waals surface area contributed by atoms with E-state index >= 15 is 0 Å². The Hall–Kier alpha value is -2.66. The van der Waals surface area contributed by atoms with Gasteiger partial charge in [-0.1, -0.05) is 46.8 Å². The second-order valence-electron chi connectivity index (χ2n) is 9.65. The van der Waals surface area contributed by atoms with Crippen molar-refractivity contribution >= 4 is 11.3 Å². The molecule has 0 spiro atoms. The fourth-order valence-corrected chi connectivity index (χ4v) is 4.23. The number of nitrogens with zero attached hydrogens (tertiary/aromatic N) is 4. The van der Waals surface area contributed by atoms with Crippen LogP contribution in [0.2, 0.25) is 0 Å². The third-order valence-electron chi connectivity index (χ3n) is 5.75. The second-order valence-corrected chi connectivity index (χ2v) is 9.65. The first kappa shape index (κ1) is 19.6. The molecule has 4 rings (SSSR count). The number of pyridine rings is 2. The van der Waals surface area contributed by atoms with E-state index in [4.69, 9.17) is 4.98 Å². The van der Waals surface area contributed by atoms with E-state index in [9.17, 15) is 5.11 Å². The van der Waals surface area contributed by atoms with Crippen LogP contribution in [-0.4, -0.2) is 23.9 Å². The van der Waals surface area contributed by atoms with Crippen LogP contribution in [0, 0.1) is 6.92 Å². The standard InChI is InChI=1S/C24H30N4O/c1-16-14-28-17(9-10-19(22(28)26-16)23(2,3)4)12-24(5,6)20-8-7-11-27-18(15-29)13-25-21(20)27/h7-11,13-14,29H,12,15H2,1-6H3. The summed E-state index contributed by atoms with van der Waals surface area (Å²) >= 11 is 0. The summed E-state index contributed by atoms with van der Waals surface area (Å²) in [5.41, 5.74) is 7.35. The van der Waals surface area contributed by atoms with E-state index in [1.807, 2.05) is 16.7 Å². The van der Waals surface area contributed by atoms with Gasteiger partial charge in [0.25, 0.3) is 0 Å². The number of aryl methyl sites for hydroxylation is 1. The SMILES string of the molecule is Cc1cn2c(CC(C)(C)c3cccn4c(CO)cnc34)ccc(C(C)(C)C)c2n1. The van der Waals surface area contributed by atoms with E-state index < -0.39 is 0 Å². The lowest BCUT2D eigenvalue weighted by molar-refractivity contribution is 0.276. The van der Waals surface area contributed by atoms with Crippen molar-refractivity contribution in [3.63, 3.8) is 0 Å². The highest BCUT2D eigenvalue weighted by atomic mass is 16.3. The molecule has 0 amide bonds. The van der Waals surface area contributed by atoms with Crippen LogP contribution in [0.4, 0.5) is 0 Å². The molecule has 0 fully saturated rings. The van der Waals surface area contributed by atoms with Gasteiger partial charge < -0.3 is 13.9 Å². The van der Waals surface area contributed by atoms with Gasteiger partial charge in [-0.15, -0.1) is 0 Å². The van der Waals surface area contributed by atoms with Crippen LogP contribution in [0.5, 0.6) is 0 Å². The first-order valence-electron chi connectivity index (χ1n) is 10.2. The van der Waals surface area contributed by atoms with Gasteiger partial charge in [0.2, 0.25) is 0 Å². The third-order valence-corrected chi connectivity index (χ3v) is 5.75. The highest BCUT2D eigenvalue weighted by Crippen LogP contribution is 2.33. The van der Waals surface area contributed by atoms with Crippen molar-refractivity contribution < 1.29 is 5.11 Å². The number of rotatable bonds is 4. The van der Waals surface area contributed by atoms with Crippen molar-refractivity contribution in [2.45, 2.75) is 65.4 Å². The Bertz CT molecular complexity index is 1190. The summed E-state index contributed by atoms with van der Waals surface area (Å²) in [7, 11) is 0. The average molecular weight is 391 g/mol. The van der Waals surface area contributed by atoms with E-state index in [-0.39, 0.29) is 17.4 Å². The van der Waals surface area contributed by atoms with Crippen LogP contribution < -0.4 is 0 Å². The van der Waals surface area contributed by atoms with Gasteiger partial charge in [-0.2, -0.15) is 0 Å². The summed E-state index contributed by atoms with van der Waals surface area (Å²) in [5, 5.41) is 9.59. The minimum absolute atomic E-state index is 0.0196. The molecule has 1 N–H and O–H groups in total. The number of fused-ring (bicyclic) bond motifs is 2. The Balaban J connectivity index is 1.82. The Labute approximate surface area is 172 Å². The summed E-state index contributed by atoms with van der Waals surface area (Å²) in [5.74, 6) is 0. The first-order valence-corrected chi connectivity index (χ1v) is 10.2. The average Bonchev–Trinajstić information content (AvgIpc) is 3.23. The molecule has 4 aromatic rings. The smallest absolute Gasteiger partial charge is 0.140 e. The fraction of sp³-hybridized carbons (Fsp3) is 0.417. The summed E-state index contributed by atoms with van der Waals surface area (Å²) in [6.45, 7) is 13.2. The molecule has 0 saturated carbocycles. The summed E-state index contributed by atoms with van der Waals surface area (Å²) in [6.07, 6.45) is 6.70. The molecule has 0 aliphatic carbocycles. The van der Waals surface area contributed by atoms with E-state index in [0.29, 0.717) is 0 Å². The number of aliphatic hydroxyl groups is 1. The maximum atomic E-state index is 9.59. The van der Waals surface area contributed by atoms with Crippen molar-refractivity contribution in [3.05, 3.63) is 71.1 Å². The van der Waals surface area contributed by atoms with Crippen molar-refractivity contribution in [3.8, 4) is 0 Å². The van der Waals surface area contributed by atoms with Crippen molar-refractivity contribution in [1.29, 1.82) is 0 Å². The summed E-state index contributed by atoms with van der Waals surface area (Å²) in [6, 6.07) is 8.64. The predicted octanol–water partition coefficient (Wildman–Crippen LogP) is 4.60. The van der Waals surface area contributed by atoms with Gasteiger partial charge in [-0.05, 0) is 36.3 Å². The van der Waals surface area contributed by atoms with E-state index in [1.165, 1.54) is 16.8 Å². The predicted molar refractivity (Wildman–Crippen MR) is 116 cm³/mol. The Morgan fingerprint density at radius 3 is 2.38 bits per heavy atom. The minimum Gasteiger partial charge on any atom is -0.390 e. The molecule has 0 aliphatic heterocycles. The molecular formula is C24H30N4O. The fourth-order valence-electron chi connectivity index (χ4n) is 4.23. The van der Waals surface area contributed by atoms with Crippen molar-refractivity contribution in [2.75, 3.05) is 0 Å². The van der Waals surface area contributed by atoms with Crippen LogP contribution in [0.1, 0.15) is 62.8 Å². The Morgan fingerprint density at radius 1 is 0.931 bits per heavy atom. The zero-order chi connectivity index (χ0) is 21.0. The first-order chi connectivity index (χ1) is 13.6. The van der Waals surface area contributed by atoms with Crippen molar-refractivity contribution in [1.82, 2.24) is 18.8 Å². The summed E-state index contributed by atoms with van der Waals surface area (Å²) in [4.78, 5) is 9.42. The molecular weight excluding hydrogens is 360 g/mol. The Morgan fingerprint density at radius 2 is 1.69 bits per heavy atom. The molecule has 0 aliphatic rings. The molecule has 4 aromatic heterocycles. The molecule has 0 saturated heterocycles. The highest BCUT2D eigenvalue weighted by Gasteiger charge is 2.27. The number of aromatic nitrogens is 4. The molecule has 152 valence electrons. The molecule has 0 unspecified atom stereocenters. The van der Waals surface area contributed by atoms with Gasteiger partial charge in [-0.25, -0.2) is 9.97 Å². The van der Waals surface area contributed by atoms with E-state index in [1.54, 1.807) is 6.20 Å². The lowest BCUT2D eigenvalue weighted by Crippen LogP contribution is -2.24. The topological polar surface area (TPSA) is 54.8 Å². The molecule has 0 radical (unpaired) electrons. The van der Waals surface area contributed by atoms with E-state index in [2.05, 4.69) is 75.3 Å². The van der Waals surface area contributed by atoms with Gasteiger partial charge >= 0.3 is 0 Å². The normalized spacial score (nSPS) is 12.9. The molecule has 5 heteroatoms. The maximum Gasteiger partial charge on any atom is 0.140 e. The molecule has 0 atom stereocenters. The van der Waals surface area contributed by atoms with Crippen LogP contribution >= 0.6 is 0 Å². The van der Waals surface area contributed by atoms with E-state index in [0.717, 1.165) is 29.1 Å². The van der Waals surface area contributed by atoms with Crippen LogP contribution in [-0.2, 0) is 23.9 Å². The van der Waals surface area contributed by atoms with Gasteiger partial charge in [0, 0.05) is 29.2 Å². The number of aliphatic hydroxyl groups excluding tert-OH is 1. The molecule has 5 nitrogen and oxygen atoms in total. The van der Waals surface area contributed by atoms with Gasteiger partial charge in [0.05, 0.1) is 24.2 Å². The monoisotopic (exact) mass is 390 g/mol. The molecule has 0 aromatic carbocycles. The third kappa shape index (κ3) is 3.33. The molecule has 4 heterocycles. The number of hydrogen-bond acceptors (Lipinski definition) is 3. The van der Waals surface area contributed by atoms with Crippen LogP contribution in [0.25, 0.3) is 11.3 Å². The Kier molecular flexibility index (Phi) is 4.54. The van der Waals surface area contributed by atoms with Gasteiger partial charge in [0.15, 0.2) is 0 Å². The molecule has 0 bridgehead atoms. The highest BCUT2D eigenvalue weighted by molar-refractivity contribution is 5.56.